The first-order chi connectivity index (χ1) is 9.29. The van der Waals surface area contributed by atoms with Crippen LogP contribution in [0.4, 0.5) is 0 Å². The number of primary sulfonamides is 2. The summed E-state index contributed by atoms with van der Waals surface area (Å²) in [7, 11) is -6.52. The largest absolute Gasteiger partial charge is 0.314 e. The third-order valence-corrected chi connectivity index (χ3v) is 5.78. The molecule has 2 saturated heterocycles. The molecule has 134 valence electrons. The van der Waals surface area contributed by atoms with Crippen molar-refractivity contribution < 1.29 is 16.8 Å². The van der Waals surface area contributed by atoms with E-state index in [1.54, 1.807) is 0 Å². The van der Waals surface area contributed by atoms with Gasteiger partial charge < -0.3 is 10.2 Å². The maximum absolute atomic E-state index is 10.9. The van der Waals surface area contributed by atoms with Crippen LogP contribution in [0.5, 0.6) is 0 Å². The lowest BCUT2D eigenvalue weighted by molar-refractivity contribution is 0.128. The molecule has 0 aromatic rings. The van der Waals surface area contributed by atoms with Crippen molar-refractivity contribution in [3.63, 3.8) is 0 Å². The highest BCUT2D eigenvalue weighted by Gasteiger charge is 2.36. The number of nitrogens with one attached hydrogen (secondary N) is 1. The molecule has 0 spiro atoms. The summed E-state index contributed by atoms with van der Waals surface area (Å²) in [6, 6.07) is 0. The molecule has 2 aliphatic rings. The Kier molecular flexibility index (Phi) is 7.74. The second-order valence-corrected chi connectivity index (χ2v) is 10.5. The number of likely N-dealkylation sites (tertiary alicyclic amines) is 1. The van der Waals surface area contributed by atoms with Crippen LogP contribution >= 0.6 is 12.4 Å². The van der Waals surface area contributed by atoms with Gasteiger partial charge in [-0.3, -0.25) is 0 Å². The van der Waals surface area contributed by atoms with Crippen molar-refractivity contribution in [1.82, 2.24) is 10.2 Å². The Balaban J connectivity index is 0.000000423. The average molecular weight is 379 g/mol. The first-order valence-corrected chi connectivity index (χ1v) is 9.97. The highest BCUT2D eigenvalue weighted by Crippen LogP contribution is 2.21. The molecule has 0 bridgehead atoms. The van der Waals surface area contributed by atoms with Crippen LogP contribution in [-0.2, 0) is 20.0 Å². The standard InChI is InChI=1S/C8H18N2O2S.C3H8N2O2S.ClH/c1-8(2,3)6-10-4-7(5-10)13(9,11)12;4-8(6,7)3-1-5-2-3;/h7H,4-6H2,1-3H3,(H2,9,11,12);3,5H,1-2H2,(H2,4,6,7);1H. The second-order valence-electron chi connectivity index (χ2n) is 6.84. The molecule has 2 fully saturated rings. The number of nitrogens with two attached hydrogens (primary N) is 2. The molecule has 0 amide bonds. The lowest BCUT2D eigenvalue weighted by atomic mass is 9.94. The zero-order valence-electron chi connectivity index (χ0n) is 13.1. The molecule has 2 rings (SSSR count). The maximum atomic E-state index is 10.9. The Morgan fingerprint density at radius 1 is 1.00 bits per heavy atom. The molecule has 8 nitrogen and oxygen atoms in total. The van der Waals surface area contributed by atoms with Gasteiger partial charge in [0.25, 0.3) is 0 Å². The number of sulfonamides is 2. The van der Waals surface area contributed by atoms with Gasteiger partial charge in [-0.1, -0.05) is 20.8 Å². The fourth-order valence-electron chi connectivity index (χ4n) is 2.02. The monoisotopic (exact) mass is 378 g/mol. The molecule has 0 unspecified atom stereocenters. The minimum absolute atomic E-state index is 0. The van der Waals surface area contributed by atoms with Crippen LogP contribution in [0.3, 0.4) is 0 Å². The van der Waals surface area contributed by atoms with E-state index in [4.69, 9.17) is 10.3 Å². The zero-order valence-corrected chi connectivity index (χ0v) is 15.6. The van der Waals surface area contributed by atoms with Crippen LogP contribution in [0.15, 0.2) is 0 Å². The Morgan fingerprint density at radius 2 is 1.41 bits per heavy atom. The van der Waals surface area contributed by atoms with Gasteiger partial charge in [-0.2, -0.15) is 0 Å². The summed E-state index contributed by atoms with van der Waals surface area (Å²) < 4.78 is 42.5. The first-order valence-electron chi connectivity index (χ1n) is 6.75. The second kappa shape index (κ2) is 7.73. The third kappa shape index (κ3) is 7.53. The predicted molar refractivity (Wildman–Crippen MR) is 89.8 cm³/mol. The third-order valence-electron chi connectivity index (χ3n) is 3.29. The van der Waals surface area contributed by atoms with Crippen LogP contribution in [0.2, 0.25) is 0 Å². The van der Waals surface area contributed by atoms with Crippen molar-refractivity contribution in [3.05, 3.63) is 0 Å². The molecule has 0 aromatic carbocycles. The summed E-state index contributed by atoms with van der Waals surface area (Å²) in [4.78, 5) is 2.12. The van der Waals surface area contributed by atoms with Gasteiger partial charge >= 0.3 is 0 Å². The number of hydrogen-bond acceptors (Lipinski definition) is 6. The van der Waals surface area contributed by atoms with E-state index in [-0.39, 0.29) is 28.3 Å². The van der Waals surface area contributed by atoms with E-state index in [0.717, 1.165) is 6.54 Å². The SMILES string of the molecule is CC(C)(C)CN1CC(S(N)(=O)=O)C1.Cl.NS(=O)(=O)C1CNC1. The molecule has 0 aromatic heterocycles. The van der Waals surface area contributed by atoms with E-state index in [1.165, 1.54) is 0 Å². The van der Waals surface area contributed by atoms with Gasteiger partial charge in [-0.15, -0.1) is 12.4 Å². The summed E-state index contributed by atoms with van der Waals surface area (Å²) in [5.41, 5.74) is 0.226. The fourth-order valence-corrected chi connectivity index (χ4v) is 3.56. The van der Waals surface area contributed by atoms with Crippen molar-refractivity contribution in [2.24, 2.45) is 15.7 Å². The van der Waals surface area contributed by atoms with E-state index in [0.29, 0.717) is 26.2 Å². The molecular formula is C11H27ClN4O4S2. The lowest BCUT2D eigenvalue weighted by Crippen LogP contribution is -2.58. The smallest absolute Gasteiger partial charge is 0.214 e. The molecule has 2 heterocycles. The molecule has 0 radical (unpaired) electrons. The summed E-state index contributed by atoms with van der Waals surface area (Å²) in [5, 5.41) is 11.9. The molecular weight excluding hydrogens is 352 g/mol. The molecule has 2 aliphatic heterocycles. The molecule has 22 heavy (non-hydrogen) atoms. The summed E-state index contributed by atoms with van der Waals surface area (Å²) >= 11 is 0. The van der Waals surface area contributed by atoms with Crippen LogP contribution < -0.4 is 15.6 Å². The number of rotatable bonds is 3. The van der Waals surface area contributed by atoms with Gasteiger partial charge in [0.15, 0.2) is 0 Å². The van der Waals surface area contributed by atoms with E-state index < -0.39 is 20.0 Å². The molecule has 0 saturated carbocycles. The highest BCUT2D eigenvalue weighted by atomic mass is 35.5. The van der Waals surface area contributed by atoms with Gasteiger partial charge in [-0.25, -0.2) is 27.1 Å². The van der Waals surface area contributed by atoms with Gasteiger partial charge in [0.2, 0.25) is 20.0 Å². The van der Waals surface area contributed by atoms with Gasteiger partial charge in [0.1, 0.15) is 5.25 Å². The van der Waals surface area contributed by atoms with E-state index in [2.05, 4.69) is 31.0 Å². The summed E-state index contributed by atoms with van der Waals surface area (Å²) in [6.07, 6.45) is 0. The minimum atomic E-state index is -3.30. The van der Waals surface area contributed by atoms with Gasteiger partial charge in [0, 0.05) is 32.7 Å². The van der Waals surface area contributed by atoms with E-state index in [9.17, 15) is 16.8 Å². The maximum Gasteiger partial charge on any atom is 0.214 e. The van der Waals surface area contributed by atoms with Crippen molar-refractivity contribution >= 4 is 32.5 Å². The Morgan fingerprint density at radius 3 is 1.59 bits per heavy atom. The quantitative estimate of drug-likeness (QED) is 0.557. The van der Waals surface area contributed by atoms with E-state index in [1.807, 2.05) is 0 Å². The van der Waals surface area contributed by atoms with Crippen LogP contribution in [-0.4, -0.2) is 65.0 Å². The fraction of sp³-hybridized carbons (Fsp3) is 1.00. The van der Waals surface area contributed by atoms with E-state index >= 15 is 0 Å². The predicted octanol–water partition coefficient (Wildman–Crippen LogP) is -1.33. The minimum Gasteiger partial charge on any atom is -0.314 e. The van der Waals surface area contributed by atoms with Crippen molar-refractivity contribution in [2.45, 2.75) is 31.3 Å². The average Bonchev–Trinajstić information content (AvgIpc) is 2.01. The van der Waals surface area contributed by atoms with Crippen LogP contribution in [0, 0.1) is 5.41 Å². The van der Waals surface area contributed by atoms with Crippen LogP contribution in [0.25, 0.3) is 0 Å². The van der Waals surface area contributed by atoms with Gasteiger partial charge in [-0.05, 0) is 5.41 Å². The normalized spacial score (nSPS) is 21.0. The Hall–Kier alpha value is 0.0300. The molecule has 0 atom stereocenters. The Bertz CT molecular complexity index is 549. The lowest BCUT2D eigenvalue weighted by Gasteiger charge is -2.41. The zero-order chi connectivity index (χ0) is 16.5. The van der Waals surface area contributed by atoms with Crippen molar-refractivity contribution in [3.8, 4) is 0 Å². The van der Waals surface area contributed by atoms with Crippen LogP contribution in [0.1, 0.15) is 20.8 Å². The van der Waals surface area contributed by atoms with Crippen molar-refractivity contribution in [1.29, 1.82) is 0 Å². The topological polar surface area (TPSA) is 136 Å². The highest BCUT2D eigenvalue weighted by molar-refractivity contribution is 7.90. The molecule has 0 aliphatic carbocycles. The molecule has 5 N–H and O–H groups in total. The van der Waals surface area contributed by atoms with Crippen molar-refractivity contribution in [2.75, 3.05) is 32.7 Å². The van der Waals surface area contributed by atoms with Gasteiger partial charge in [0.05, 0.1) is 5.25 Å². The summed E-state index contributed by atoms with van der Waals surface area (Å²) in [5.74, 6) is 0. The number of halogens is 1. The first kappa shape index (κ1) is 22.0. The number of nitrogens with zero attached hydrogens (tertiary/aromatic N) is 1. The number of hydrogen-bond donors (Lipinski definition) is 3. The molecule has 11 heteroatoms. The Labute approximate surface area is 139 Å². The summed E-state index contributed by atoms with van der Waals surface area (Å²) in [6.45, 7) is 9.55.